The van der Waals surface area contributed by atoms with Gasteiger partial charge in [-0.1, -0.05) is 0 Å². The van der Waals surface area contributed by atoms with Crippen LogP contribution in [0.15, 0.2) is 30.6 Å². The predicted octanol–water partition coefficient (Wildman–Crippen LogP) is 1.92. The van der Waals surface area contributed by atoms with E-state index in [9.17, 15) is 5.11 Å². The normalized spacial score (nSPS) is 18.3. The maximum Gasteiger partial charge on any atom is 0.225 e. The fourth-order valence-electron chi connectivity index (χ4n) is 2.56. The van der Waals surface area contributed by atoms with Gasteiger partial charge in [-0.3, -0.25) is 4.98 Å². The van der Waals surface area contributed by atoms with Gasteiger partial charge in [0.25, 0.3) is 0 Å². The molecule has 1 aliphatic heterocycles. The number of hydrogen-bond donors (Lipinski definition) is 3. The number of hydrogen-bond acceptors (Lipinski definition) is 7. The molecule has 3 N–H and O–H groups in total. The van der Waals surface area contributed by atoms with Crippen LogP contribution >= 0.6 is 0 Å². The fourth-order valence-corrected chi connectivity index (χ4v) is 2.56. The molecule has 0 unspecified atom stereocenters. The third kappa shape index (κ3) is 4.39. The number of ether oxygens (including phenoxy) is 1. The van der Waals surface area contributed by atoms with Crippen molar-refractivity contribution in [1.29, 1.82) is 0 Å². The third-order valence-electron chi connectivity index (χ3n) is 3.89. The van der Waals surface area contributed by atoms with E-state index in [1.807, 2.05) is 25.1 Å². The van der Waals surface area contributed by atoms with Gasteiger partial charge in [0.15, 0.2) is 0 Å². The van der Waals surface area contributed by atoms with Gasteiger partial charge in [0.05, 0.1) is 18.4 Å². The van der Waals surface area contributed by atoms with Crippen molar-refractivity contribution in [3.05, 3.63) is 30.6 Å². The van der Waals surface area contributed by atoms with Gasteiger partial charge in [-0.25, -0.2) is 4.98 Å². The van der Waals surface area contributed by atoms with Gasteiger partial charge in [-0.15, -0.1) is 0 Å². The summed E-state index contributed by atoms with van der Waals surface area (Å²) in [6.45, 7) is 3.45. The Kier molecular flexibility index (Phi) is 5.55. The summed E-state index contributed by atoms with van der Waals surface area (Å²) >= 11 is 0. The Balaban J connectivity index is 1.81. The first kappa shape index (κ1) is 16.6. The molecular formula is C17H23N5O2. The average molecular weight is 329 g/mol. The number of nitrogens with one attached hydrogen (secondary N) is 2. The van der Waals surface area contributed by atoms with Gasteiger partial charge in [0, 0.05) is 43.2 Å². The molecule has 3 rings (SSSR count). The van der Waals surface area contributed by atoms with Crippen molar-refractivity contribution in [1.82, 2.24) is 15.0 Å². The highest BCUT2D eigenvalue weighted by Gasteiger charge is 2.16. The zero-order valence-corrected chi connectivity index (χ0v) is 13.8. The lowest BCUT2D eigenvalue weighted by atomic mass is 10.2. The molecule has 3 heterocycles. The van der Waals surface area contributed by atoms with Crippen LogP contribution in [0, 0.1) is 0 Å². The molecule has 0 aliphatic carbocycles. The van der Waals surface area contributed by atoms with E-state index in [4.69, 9.17) is 4.74 Å². The maximum absolute atomic E-state index is 9.24. The summed E-state index contributed by atoms with van der Waals surface area (Å²) in [5, 5.41) is 15.7. The Labute approximate surface area is 141 Å². The van der Waals surface area contributed by atoms with Crippen molar-refractivity contribution in [3.8, 4) is 11.3 Å². The van der Waals surface area contributed by atoms with Crippen LogP contribution < -0.4 is 10.6 Å². The van der Waals surface area contributed by atoms with Crippen LogP contribution in [-0.2, 0) is 4.74 Å². The quantitative estimate of drug-likeness (QED) is 0.714. The summed E-state index contributed by atoms with van der Waals surface area (Å²) in [5.74, 6) is 1.22. The molecular weight excluding hydrogens is 306 g/mol. The molecule has 2 atom stereocenters. The Morgan fingerprint density at radius 2 is 2.17 bits per heavy atom. The van der Waals surface area contributed by atoms with Crippen LogP contribution in [0.3, 0.4) is 0 Å². The van der Waals surface area contributed by atoms with Gasteiger partial charge in [-0.05, 0) is 31.9 Å². The van der Waals surface area contributed by atoms with E-state index in [1.54, 1.807) is 12.4 Å². The van der Waals surface area contributed by atoms with Crippen molar-refractivity contribution in [3.63, 3.8) is 0 Å². The van der Waals surface area contributed by atoms with Gasteiger partial charge in [0.2, 0.25) is 5.95 Å². The molecule has 7 heteroatoms. The van der Waals surface area contributed by atoms with Crippen molar-refractivity contribution in [2.24, 2.45) is 0 Å². The number of nitrogens with zero attached hydrogens (tertiary/aromatic N) is 3. The number of anilines is 2. The first-order valence-corrected chi connectivity index (χ1v) is 8.27. The Bertz CT molecular complexity index is 647. The second-order valence-electron chi connectivity index (χ2n) is 5.94. The summed E-state index contributed by atoms with van der Waals surface area (Å²) in [4.78, 5) is 13.1. The van der Waals surface area contributed by atoms with E-state index in [1.165, 1.54) is 0 Å². The summed E-state index contributed by atoms with van der Waals surface area (Å²) in [5.41, 5.74) is 1.77. The molecule has 0 spiro atoms. The van der Waals surface area contributed by atoms with E-state index in [0.29, 0.717) is 5.95 Å². The lowest BCUT2D eigenvalue weighted by Gasteiger charge is -2.15. The summed E-state index contributed by atoms with van der Waals surface area (Å²) < 4.78 is 5.64. The van der Waals surface area contributed by atoms with E-state index in [2.05, 4.69) is 25.6 Å². The second kappa shape index (κ2) is 8.03. The smallest absolute Gasteiger partial charge is 0.225 e. The lowest BCUT2D eigenvalue weighted by Crippen LogP contribution is -2.22. The van der Waals surface area contributed by atoms with E-state index < -0.39 is 0 Å². The number of aromatic nitrogens is 3. The van der Waals surface area contributed by atoms with Crippen LogP contribution in [0.5, 0.6) is 0 Å². The molecule has 1 aliphatic rings. The van der Waals surface area contributed by atoms with Crippen LogP contribution in [0.25, 0.3) is 11.3 Å². The molecule has 2 aromatic heterocycles. The largest absolute Gasteiger partial charge is 0.394 e. The molecule has 1 fully saturated rings. The van der Waals surface area contributed by atoms with Gasteiger partial charge in [-0.2, -0.15) is 4.98 Å². The van der Waals surface area contributed by atoms with E-state index in [-0.39, 0.29) is 18.8 Å². The van der Waals surface area contributed by atoms with Crippen molar-refractivity contribution < 1.29 is 9.84 Å². The molecule has 0 aromatic carbocycles. The van der Waals surface area contributed by atoms with E-state index >= 15 is 0 Å². The van der Waals surface area contributed by atoms with Gasteiger partial charge in [0.1, 0.15) is 5.82 Å². The molecule has 128 valence electrons. The Hall–Kier alpha value is -2.25. The Morgan fingerprint density at radius 3 is 2.88 bits per heavy atom. The van der Waals surface area contributed by atoms with E-state index in [0.717, 1.165) is 43.1 Å². The predicted molar refractivity (Wildman–Crippen MR) is 92.9 cm³/mol. The zero-order valence-electron chi connectivity index (χ0n) is 13.8. The maximum atomic E-state index is 9.24. The highest BCUT2D eigenvalue weighted by Crippen LogP contribution is 2.22. The van der Waals surface area contributed by atoms with Crippen molar-refractivity contribution >= 4 is 11.8 Å². The van der Waals surface area contributed by atoms with Crippen LogP contribution in [0.1, 0.15) is 19.8 Å². The highest BCUT2D eigenvalue weighted by molar-refractivity contribution is 5.63. The number of aliphatic hydroxyl groups is 1. The van der Waals surface area contributed by atoms with Gasteiger partial charge >= 0.3 is 0 Å². The number of pyridine rings is 1. The topological polar surface area (TPSA) is 92.2 Å². The zero-order chi connectivity index (χ0) is 16.8. The van der Waals surface area contributed by atoms with Gasteiger partial charge < -0.3 is 20.5 Å². The minimum atomic E-state index is -0.122. The molecule has 24 heavy (non-hydrogen) atoms. The molecule has 1 saturated heterocycles. The summed E-state index contributed by atoms with van der Waals surface area (Å²) in [6.07, 6.45) is 5.89. The fraction of sp³-hybridized carbons (Fsp3) is 0.471. The Morgan fingerprint density at radius 1 is 1.33 bits per heavy atom. The molecule has 0 saturated carbocycles. The summed E-state index contributed by atoms with van der Waals surface area (Å²) in [6, 6.07) is 5.61. The van der Waals surface area contributed by atoms with Crippen LogP contribution in [-0.4, -0.2) is 52.0 Å². The van der Waals surface area contributed by atoms with Crippen molar-refractivity contribution in [2.75, 3.05) is 30.4 Å². The average Bonchev–Trinajstić information content (AvgIpc) is 3.14. The number of aliphatic hydroxyl groups excluding tert-OH is 1. The monoisotopic (exact) mass is 329 g/mol. The molecule has 0 radical (unpaired) electrons. The summed E-state index contributed by atoms with van der Waals surface area (Å²) in [7, 11) is 0. The minimum absolute atomic E-state index is 0.0154. The van der Waals surface area contributed by atoms with Crippen LogP contribution in [0.4, 0.5) is 11.8 Å². The first-order valence-electron chi connectivity index (χ1n) is 8.27. The van der Waals surface area contributed by atoms with Crippen LogP contribution in [0.2, 0.25) is 0 Å². The SMILES string of the molecule is C[C@H](CO)Nc1nc(NC[C@H]2CCCO2)cc(-c2ccncc2)n1. The second-order valence-corrected chi connectivity index (χ2v) is 5.94. The molecule has 0 amide bonds. The molecule has 7 nitrogen and oxygen atoms in total. The van der Waals surface area contributed by atoms with Crippen molar-refractivity contribution in [2.45, 2.75) is 31.9 Å². The minimum Gasteiger partial charge on any atom is -0.394 e. The highest BCUT2D eigenvalue weighted by atomic mass is 16.5. The lowest BCUT2D eigenvalue weighted by molar-refractivity contribution is 0.120. The first-order chi connectivity index (χ1) is 11.7. The molecule has 2 aromatic rings. The standard InChI is InChI=1S/C17H23N5O2/c1-12(11-23)20-17-21-15(13-4-6-18-7-5-13)9-16(22-17)19-10-14-3-2-8-24-14/h4-7,9,12,14,23H,2-3,8,10-11H2,1H3,(H2,19,20,21,22)/t12-,14-/m1/s1. The molecule has 0 bridgehead atoms. The number of rotatable bonds is 7. The third-order valence-corrected chi connectivity index (χ3v) is 3.89.